The van der Waals surface area contributed by atoms with Crippen LogP contribution in [0.1, 0.15) is 23.1 Å². The summed E-state index contributed by atoms with van der Waals surface area (Å²) in [7, 11) is 0. The van der Waals surface area contributed by atoms with Crippen LogP contribution in [0.5, 0.6) is 5.75 Å². The summed E-state index contributed by atoms with van der Waals surface area (Å²) < 4.78 is 0.872. The number of phenolic OH excluding ortho intramolecular Hbond substituents is 1. The molecular weight excluding hydrogens is 307 g/mol. The summed E-state index contributed by atoms with van der Waals surface area (Å²) in [5.74, 6) is 0.499. The van der Waals surface area contributed by atoms with Gasteiger partial charge in [0.05, 0.1) is 0 Å². The van der Waals surface area contributed by atoms with Gasteiger partial charge in [-0.3, -0.25) is 0 Å². The van der Waals surface area contributed by atoms with Gasteiger partial charge in [-0.05, 0) is 0 Å². The molecule has 2 aromatic carbocycles. The van der Waals surface area contributed by atoms with Crippen LogP contribution < -0.4 is 0 Å². The first-order valence-corrected chi connectivity index (χ1v) is 11.6. The number of rotatable bonds is 3. The molecule has 2 aromatic rings. The molecule has 104 valence electrons. The number of hydrogen-bond donors (Lipinski definition) is 1. The third-order valence-corrected chi connectivity index (χ3v) is 9.68. The third kappa shape index (κ3) is 2.93. The van der Waals surface area contributed by atoms with E-state index in [4.69, 9.17) is 0 Å². The predicted octanol–water partition coefficient (Wildman–Crippen LogP) is 4.16. The fourth-order valence-corrected chi connectivity index (χ4v) is 7.60. The van der Waals surface area contributed by atoms with Crippen molar-refractivity contribution in [2.75, 3.05) is 0 Å². The second-order valence-corrected chi connectivity index (χ2v) is 11.1. The van der Waals surface area contributed by atoms with Crippen LogP contribution in [0.25, 0.3) is 0 Å². The Bertz CT molecular complexity index is 579. The molecule has 3 rings (SSSR count). The number of phenols is 1. The summed E-state index contributed by atoms with van der Waals surface area (Å²) in [6, 6.07) is 16.9. The van der Waals surface area contributed by atoms with Crippen LogP contribution in [0.15, 0.2) is 48.5 Å². The summed E-state index contributed by atoms with van der Waals surface area (Å²) in [6.45, 7) is 0. The molecule has 2 heteroatoms. The van der Waals surface area contributed by atoms with Gasteiger partial charge < -0.3 is 0 Å². The van der Waals surface area contributed by atoms with Gasteiger partial charge in [0, 0.05) is 0 Å². The monoisotopic (exact) mass is 328 g/mol. The molecule has 0 saturated carbocycles. The molecule has 0 fully saturated rings. The van der Waals surface area contributed by atoms with Crippen LogP contribution in [0.4, 0.5) is 0 Å². The fourth-order valence-electron chi connectivity index (χ4n) is 3.14. The Kier molecular flexibility index (Phi) is 4.17. The van der Waals surface area contributed by atoms with Gasteiger partial charge in [0.2, 0.25) is 0 Å². The predicted molar refractivity (Wildman–Crippen MR) is 85.6 cm³/mol. The van der Waals surface area contributed by atoms with Gasteiger partial charge in [0.1, 0.15) is 0 Å². The van der Waals surface area contributed by atoms with E-state index in [2.05, 4.69) is 42.1 Å². The van der Waals surface area contributed by atoms with E-state index in [0.29, 0.717) is 5.75 Å². The minimum atomic E-state index is -0.839. The summed E-state index contributed by atoms with van der Waals surface area (Å²) in [5, 5.41) is 11.2. The second kappa shape index (κ2) is 6.06. The molecule has 20 heavy (non-hydrogen) atoms. The van der Waals surface area contributed by atoms with Crippen molar-refractivity contribution in [2.45, 2.75) is 34.9 Å². The van der Waals surface area contributed by atoms with Gasteiger partial charge in [-0.25, -0.2) is 0 Å². The van der Waals surface area contributed by atoms with E-state index in [0.717, 1.165) is 11.1 Å². The van der Waals surface area contributed by atoms with Gasteiger partial charge in [-0.15, -0.1) is 0 Å². The van der Waals surface area contributed by atoms with Crippen LogP contribution in [0.2, 0.25) is 10.4 Å². The number of hydrogen-bond acceptors (Lipinski definition) is 1. The van der Waals surface area contributed by atoms with Crippen molar-refractivity contribution in [3.8, 4) is 5.75 Å². The Balaban J connectivity index is 1.70. The van der Waals surface area contributed by atoms with Gasteiger partial charge in [-0.1, -0.05) is 0 Å². The topological polar surface area (TPSA) is 20.2 Å². The van der Waals surface area contributed by atoms with E-state index in [9.17, 15) is 5.11 Å². The second-order valence-electron chi connectivity index (χ2n) is 5.71. The van der Waals surface area contributed by atoms with Crippen molar-refractivity contribution in [2.24, 2.45) is 0 Å². The van der Waals surface area contributed by atoms with Crippen LogP contribution in [-0.4, -0.2) is 19.8 Å². The first kappa shape index (κ1) is 13.8. The summed E-state index contributed by atoms with van der Waals surface area (Å²) in [6.07, 6.45) is 3.49. The van der Waals surface area contributed by atoms with Crippen LogP contribution >= 0.6 is 0 Å². The Hall–Kier alpha value is -1.20. The first-order chi connectivity index (χ1) is 9.74. The van der Waals surface area contributed by atoms with Crippen LogP contribution in [0, 0.1) is 0 Å². The van der Waals surface area contributed by atoms with Crippen LogP contribution in [0.3, 0.4) is 0 Å². The quantitative estimate of drug-likeness (QED) is 0.839. The van der Waals surface area contributed by atoms with E-state index in [1.807, 2.05) is 12.1 Å². The molecule has 2 atom stereocenters. The van der Waals surface area contributed by atoms with E-state index in [1.165, 1.54) is 34.7 Å². The molecule has 0 radical (unpaired) electrons. The van der Waals surface area contributed by atoms with Gasteiger partial charge in [0.15, 0.2) is 0 Å². The molecule has 0 aliphatic heterocycles. The Morgan fingerprint density at radius 2 is 1.90 bits per heavy atom. The molecule has 1 unspecified atom stereocenters. The number of aromatic hydroxyl groups is 1. The zero-order valence-corrected chi connectivity index (χ0v) is 13.8. The molecule has 0 heterocycles. The zero-order valence-electron chi connectivity index (χ0n) is 11.9. The van der Waals surface area contributed by atoms with Crippen molar-refractivity contribution >= 4 is 14.7 Å². The zero-order chi connectivity index (χ0) is 13.9. The summed E-state index contributed by atoms with van der Waals surface area (Å²) in [4.78, 5) is 0. The standard InChI is InChI=1S/C18H21AsO/c1-19(13-14-6-3-2-4-7-14)16-10-11-17-15(12-16)8-5-9-18(17)20/h2-9,16,20H,10-13H2,1H3/t16-,19?/m1/s1. The molecule has 1 aliphatic rings. The normalized spacial score (nSPS) is 19.4. The van der Waals surface area contributed by atoms with E-state index in [1.54, 1.807) is 0 Å². The maximum absolute atomic E-state index is 9.93. The average Bonchev–Trinajstić information content (AvgIpc) is 2.48. The molecule has 0 amide bonds. The summed E-state index contributed by atoms with van der Waals surface area (Å²) >= 11 is -0.839. The molecule has 0 spiro atoms. The van der Waals surface area contributed by atoms with Crippen molar-refractivity contribution in [3.05, 3.63) is 65.2 Å². The van der Waals surface area contributed by atoms with Crippen LogP contribution in [-0.2, 0) is 18.1 Å². The molecule has 1 N–H and O–H groups in total. The third-order valence-electron chi connectivity index (χ3n) is 4.33. The molecule has 0 aromatic heterocycles. The van der Waals surface area contributed by atoms with Gasteiger partial charge in [-0.2, -0.15) is 0 Å². The van der Waals surface area contributed by atoms with E-state index >= 15 is 0 Å². The molecule has 1 nitrogen and oxygen atoms in total. The first-order valence-electron chi connectivity index (χ1n) is 7.28. The molecule has 0 bridgehead atoms. The Morgan fingerprint density at radius 1 is 1.10 bits per heavy atom. The van der Waals surface area contributed by atoms with Gasteiger partial charge >= 0.3 is 126 Å². The van der Waals surface area contributed by atoms with E-state index in [-0.39, 0.29) is 0 Å². The van der Waals surface area contributed by atoms with Crippen molar-refractivity contribution in [1.82, 2.24) is 0 Å². The fraction of sp³-hybridized carbons (Fsp3) is 0.333. The summed E-state index contributed by atoms with van der Waals surface area (Å²) in [5.41, 5.74) is 6.59. The van der Waals surface area contributed by atoms with Crippen molar-refractivity contribution in [3.63, 3.8) is 0 Å². The minimum absolute atomic E-state index is 0.499. The molecule has 1 aliphatic carbocycles. The molecule has 0 saturated heterocycles. The van der Waals surface area contributed by atoms with Crippen molar-refractivity contribution in [1.29, 1.82) is 0 Å². The molecular formula is C18H21AsO. The average molecular weight is 328 g/mol. The van der Waals surface area contributed by atoms with E-state index < -0.39 is 14.7 Å². The Labute approximate surface area is 125 Å². The van der Waals surface area contributed by atoms with Crippen molar-refractivity contribution < 1.29 is 5.11 Å². The number of fused-ring (bicyclic) bond motifs is 1. The van der Waals surface area contributed by atoms with Gasteiger partial charge in [0.25, 0.3) is 0 Å². The maximum atomic E-state index is 9.93. The Morgan fingerprint density at radius 3 is 2.70 bits per heavy atom. The number of benzene rings is 2. The SMILES string of the molecule is C[As](Cc1ccccc1)[C@@H]1CCc2c(O)cccc2C1.